The molecular formula is C17H24FN3O3. The number of carbonyl (C=O) groups excluding carboxylic acids is 1. The molecule has 2 aliphatic heterocycles. The van der Waals surface area contributed by atoms with Crippen LogP contribution in [0.1, 0.15) is 24.2 Å². The smallest absolute Gasteiger partial charge is 0.254 e. The summed E-state index contributed by atoms with van der Waals surface area (Å²) < 4.78 is 25.1. The number of hydrogen-bond donors (Lipinski definition) is 0. The van der Waals surface area contributed by atoms with E-state index in [1.54, 1.807) is 4.90 Å². The summed E-state index contributed by atoms with van der Waals surface area (Å²) in [5.74, 6) is -0.841. The third-order valence-corrected chi connectivity index (χ3v) is 4.62. The van der Waals surface area contributed by atoms with E-state index in [2.05, 4.69) is 23.7 Å². The molecule has 2 saturated heterocycles. The fourth-order valence-corrected chi connectivity index (χ4v) is 3.29. The highest BCUT2D eigenvalue weighted by Gasteiger charge is 2.42. The van der Waals surface area contributed by atoms with Gasteiger partial charge in [-0.25, -0.2) is 4.98 Å². The lowest BCUT2D eigenvalue weighted by molar-refractivity contribution is -0.134. The predicted octanol–water partition coefficient (Wildman–Crippen LogP) is 1.17. The number of ether oxygens (including phenoxy) is 2. The summed E-state index contributed by atoms with van der Waals surface area (Å²) in [5.41, 5.74) is -0.213. The Balaban J connectivity index is 1.76. The van der Waals surface area contributed by atoms with E-state index in [0.29, 0.717) is 44.5 Å². The number of pyridine rings is 1. The van der Waals surface area contributed by atoms with Crippen LogP contribution in [0.4, 0.5) is 4.39 Å². The standard InChI is InChI=1S/C17H24FN3O3/c1-13(2)20-5-7-23-12-17(10-20)11-21(6-8-24-17)16(22)14-3-4-19-15(18)9-14/h3-4,9,13H,5-8,10-12H2,1-2H3. The van der Waals surface area contributed by atoms with E-state index in [1.165, 1.54) is 18.3 Å². The zero-order chi connectivity index (χ0) is 17.2. The molecule has 0 saturated carbocycles. The number of rotatable bonds is 2. The van der Waals surface area contributed by atoms with Crippen molar-refractivity contribution < 1.29 is 18.7 Å². The molecule has 1 aromatic rings. The van der Waals surface area contributed by atoms with E-state index in [4.69, 9.17) is 9.47 Å². The zero-order valence-corrected chi connectivity index (χ0v) is 14.2. The van der Waals surface area contributed by atoms with Crippen LogP contribution in [0.5, 0.6) is 0 Å². The average molecular weight is 337 g/mol. The molecule has 1 spiro atoms. The van der Waals surface area contributed by atoms with Crippen LogP contribution in [0.25, 0.3) is 0 Å². The van der Waals surface area contributed by atoms with Gasteiger partial charge in [0, 0.05) is 43.5 Å². The van der Waals surface area contributed by atoms with E-state index < -0.39 is 11.5 Å². The van der Waals surface area contributed by atoms with Gasteiger partial charge in [-0.3, -0.25) is 9.69 Å². The molecule has 0 aliphatic carbocycles. The summed E-state index contributed by atoms with van der Waals surface area (Å²) in [6, 6.07) is 3.10. The Morgan fingerprint density at radius 3 is 2.92 bits per heavy atom. The first-order valence-corrected chi connectivity index (χ1v) is 8.36. The zero-order valence-electron chi connectivity index (χ0n) is 14.2. The van der Waals surface area contributed by atoms with E-state index in [0.717, 1.165) is 13.1 Å². The van der Waals surface area contributed by atoms with Crippen molar-refractivity contribution in [2.45, 2.75) is 25.5 Å². The fraction of sp³-hybridized carbons (Fsp3) is 0.647. The lowest BCUT2D eigenvalue weighted by atomic mass is 10.0. The molecule has 2 fully saturated rings. The van der Waals surface area contributed by atoms with E-state index in [1.807, 2.05) is 0 Å². The molecule has 24 heavy (non-hydrogen) atoms. The molecule has 3 heterocycles. The van der Waals surface area contributed by atoms with E-state index in [-0.39, 0.29) is 5.91 Å². The molecule has 1 unspecified atom stereocenters. The van der Waals surface area contributed by atoms with Crippen LogP contribution in [-0.2, 0) is 9.47 Å². The number of carbonyl (C=O) groups is 1. The second-order valence-corrected chi connectivity index (χ2v) is 6.74. The monoisotopic (exact) mass is 337 g/mol. The summed E-state index contributed by atoms with van der Waals surface area (Å²) in [6.45, 7) is 8.37. The van der Waals surface area contributed by atoms with E-state index in [9.17, 15) is 9.18 Å². The second-order valence-electron chi connectivity index (χ2n) is 6.74. The highest BCUT2D eigenvalue weighted by molar-refractivity contribution is 5.94. The van der Waals surface area contributed by atoms with Crippen LogP contribution < -0.4 is 0 Å². The molecule has 1 amide bonds. The molecule has 0 bridgehead atoms. The van der Waals surface area contributed by atoms with Gasteiger partial charge in [0.1, 0.15) is 5.60 Å². The summed E-state index contributed by atoms with van der Waals surface area (Å²) in [4.78, 5) is 20.2. The van der Waals surface area contributed by atoms with Crippen LogP contribution in [0.3, 0.4) is 0 Å². The Labute approximate surface area is 141 Å². The first kappa shape index (κ1) is 17.3. The van der Waals surface area contributed by atoms with E-state index >= 15 is 0 Å². The Kier molecular flexibility index (Phi) is 5.12. The maximum atomic E-state index is 13.3. The van der Waals surface area contributed by atoms with Gasteiger partial charge in [-0.05, 0) is 19.9 Å². The van der Waals surface area contributed by atoms with Crippen molar-refractivity contribution in [2.24, 2.45) is 0 Å². The number of hydrogen-bond acceptors (Lipinski definition) is 5. The van der Waals surface area contributed by atoms with Crippen LogP contribution in [0.15, 0.2) is 18.3 Å². The van der Waals surface area contributed by atoms with Crippen molar-refractivity contribution in [3.63, 3.8) is 0 Å². The maximum absolute atomic E-state index is 13.3. The summed E-state index contributed by atoms with van der Waals surface area (Å²) in [7, 11) is 0. The van der Waals surface area contributed by atoms with Gasteiger partial charge in [-0.15, -0.1) is 0 Å². The molecule has 0 N–H and O–H groups in total. The van der Waals surface area contributed by atoms with Gasteiger partial charge in [0.05, 0.1) is 26.4 Å². The molecule has 2 aliphatic rings. The number of aromatic nitrogens is 1. The largest absolute Gasteiger partial charge is 0.377 e. The third kappa shape index (κ3) is 3.74. The Bertz CT molecular complexity index is 598. The van der Waals surface area contributed by atoms with Crippen molar-refractivity contribution in [1.82, 2.24) is 14.8 Å². The molecule has 0 aromatic carbocycles. The van der Waals surface area contributed by atoms with Crippen molar-refractivity contribution in [3.8, 4) is 0 Å². The molecule has 1 atom stereocenters. The van der Waals surface area contributed by atoms with Crippen LogP contribution in [-0.4, -0.2) is 78.3 Å². The number of morpholine rings is 1. The maximum Gasteiger partial charge on any atom is 0.254 e. The Morgan fingerprint density at radius 1 is 1.33 bits per heavy atom. The normalized spacial score (nSPS) is 25.9. The number of amides is 1. The summed E-state index contributed by atoms with van der Waals surface area (Å²) >= 11 is 0. The lowest BCUT2D eigenvalue weighted by Gasteiger charge is -2.44. The Hall–Kier alpha value is -1.57. The van der Waals surface area contributed by atoms with Gasteiger partial charge in [-0.2, -0.15) is 4.39 Å². The predicted molar refractivity (Wildman–Crippen MR) is 86.3 cm³/mol. The van der Waals surface area contributed by atoms with Gasteiger partial charge >= 0.3 is 0 Å². The quantitative estimate of drug-likeness (QED) is 0.759. The first-order chi connectivity index (χ1) is 11.5. The number of nitrogens with zero attached hydrogens (tertiary/aromatic N) is 3. The molecule has 6 nitrogen and oxygen atoms in total. The van der Waals surface area contributed by atoms with Crippen molar-refractivity contribution in [3.05, 3.63) is 29.8 Å². The molecule has 132 valence electrons. The minimum atomic E-state index is -0.646. The van der Waals surface area contributed by atoms with Crippen molar-refractivity contribution >= 4 is 5.91 Å². The number of halogens is 1. The van der Waals surface area contributed by atoms with Gasteiger partial charge < -0.3 is 14.4 Å². The van der Waals surface area contributed by atoms with Crippen molar-refractivity contribution in [2.75, 3.05) is 46.0 Å². The fourth-order valence-electron chi connectivity index (χ4n) is 3.29. The minimum Gasteiger partial charge on any atom is -0.377 e. The second kappa shape index (κ2) is 7.13. The van der Waals surface area contributed by atoms with Crippen molar-refractivity contribution in [1.29, 1.82) is 0 Å². The highest BCUT2D eigenvalue weighted by atomic mass is 19.1. The highest BCUT2D eigenvalue weighted by Crippen LogP contribution is 2.24. The molecule has 7 heteroatoms. The SMILES string of the molecule is CC(C)N1CCOCC2(CN(C(=O)c3ccnc(F)c3)CCO2)C1. The minimum absolute atomic E-state index is 0.195. The first-order valence-electron chi connectivity index (χ1n) is 8.36. The van der Waals surface area contributed by atoms with Gasteiger partial charge in [0.25, 0.3) is 5.91 Å². The topological polar surface area (TPSA) is 54.9 Å². The molecule has 1 aromatic heterocycles. The summed E-state index contributed by atoms with van der Waals surface area (Å²) in [6.07, 6.45) is 1.31. The van der Waals surface area contributed by atoms with Crippen LogP contribution in [0, 0.1) is 5.95 Å². The van der Waals surface area contributed by atoms with Gasteiger partial charge in [0.2, 0.25) is 5.95 Å². The molecular weight excluding hydrogens is 313 g/mol. The summed E-state index contributed by atoms with van der Waals surface area (Å²) in [5, 5.41) is 0. The average Bonchev–Trinajstić information content (AvgIpc) is 2.77. The molecule has 0 radical (unpaired) electrons. The van der Waals surface area contributed by atoms with Crippen LogP contribution >= 0.6 is 0 Å². The van der Waals surface area contributed by atoms with Gasteiger partial charge in [-0.1, -0.05) is 0 Å². The van der Waals surface area contributed by atoms with Gasteiger partial charge in [0.15, 0.2) is 0 Å². The third-order valence-electron chi connectivity index (χ3n) is 4.62. The lowest BCUT2D eigenvalue weighted by Crippen LogP contribution is -2.60. The Morgan fingerprint density at radius 2 is 2.17 bits per heavy atom. The van der Waals surface area contributed by atoms with Crippen LogP contribution in [0.2, 0.25) is 0 Å². The molecule has 3 rings (SSSR count).